The highest BCUT2D eigenvalue weighted by Crippen LogP contribution is 2.22. The Hall–Kier alpha value is -1.56. The fourth-order valence-electron chi connectivity index (χ4n) is 1.54. The highest BCUT2D eigenvalue weighted by atomic mass is 19.3. The summed E-state index contributed by atoms with van der Waals surface area (Å²) in [7, 11) is 1.23. The Morgan fingerprint density at radius 1 is 1.59 bits per heavy atom. The minimum atomic E-state index is -2.67. The summed E-state index contributed by atoms with van der Waals surface area (Å²) in [6.07, 6.45) is -2.82. The standard InChI is InChI=1S/C11H14F2N2O2/c1-6-3-9(11(12)13)15-8(7(6)5-14)4-10(16)17-2/h3,11H,4-5,14H2,1-2H3. The Bertz CT molecular complexity index is 422. The van der Waals surface area contributed by atoms with Crippen LogP contribution < -0.4 is 5.73 Å². The zero-order chi connectivity index (χ0) is 13.0. The molecule has 0 atom stereocenters. The van der Waals surface area contributed by atoms with Crippen LogP contribution in [0.2, 0.25) is 0 Å². The van der Waals surface area contributed by atoms with E-state index in [2.05, 4.69) is 9.72 Å². The van der Waals surface area contributed by atoms with Gasteiger partial charge in [-0.15, -0.1) is 0 Å². The lowest BCUT2D eigenvalue weighted by atomic mass is 10.0. The van der Waals surface area contributed by atoms with Crippen molar-refractivity contribution in [2.45, 2.75) is 26.3 Å². The third-order valence-corrected chi connectivity index (χ3v) is 2.42. The number of aryl methyl sites for hydroxylation is 1. The molecule has 0 unspecified atom stereocenters. The molecule has 0 aliphatic rings. The zero-order valence-corrected chi connectivity index (χ0v) is 9.67. The van der Waals surface area contributed by atoms with Crippen molar-refractivity contribution in [2.24, 2.45) is 5.73 Å². The summed E-state index contributed by atoms with van der Waals surface area (Å²) in [5.74, 6) is -0.530. The molecule has 0 amide bonds. The van der Waals surface area contributed by atoms with Crippen LogP contribution in [0.25, 0.3) is 0 Å². The number of nitrogens with two attached hydrogens (primary N) is 1. The normalized spacial score (nSPS) is 10.7. The number of rotatable bonds is 4. The van der Waals surface area contributed by atoms with E-state index in [1.165, 1.54) is 13.2 Å². The van der Waals surface area contributed by atoms with Crippen molar-refractivity contribution in [1.82, 2.24) is 4.98 Å². The van der Waals surface area contributed by atoms with E-state index in [9.17, 15) is 13.6 Å². The van der Waals surface area contributed by atoms with E-state index >= 15 is 0 Å². The topological polar surface area (TPSA) is 65.2 Å². The van der Waals surface area contributed by atoms with E-state index in [-0.39, 0.29) is 24.4 Å². The maximum absolute atomic E-state index is 12.6. The fraction of sp³-hybridized carbons (Fsp3) is 0.455. The highest BCUT2D eigenvalue weighted by Gasteiger charge is 2.17. The van der Waals surface area contributed by atoms with Crippen LogP contribution in [0.5, 0.6) is 0 Å². The molecule has 94 valence electrons. The lowest BCUT2D eigenvalue weighted by molar-refractivity contribution is -0.139. The van der Waals surface area contributed by atoms with Gasteiger partial charge in [-0.2, -0.15) is 0 Å². The number of esters is 1. The van der Waals surface area contributed by atoms with Gasteiger partial charge < -0.3 is 10.5 Å². The quantitative estimate of drug-likeness (QED) is 0.815. The van der Waals surface area contributed by atoms with E-state index < -0.39 is 12.4 Å². The van der Waals surface area contributed by atoms with Crippen LogP contribution in [0, 0.1) is 6.92 Å². The van der Waals surface area contributed by atoms with E-state index in [4.69, 9.17) is 5.73 Å². The molecule has 0 saturated carbocycles. The molecule has 4 nitrogen and oxygen atoms in total. The molecule has 0 bridgehead atoms. The molecule has 0 saturated heterocycles. The van der Waals surface area contributed by atoms with Crippen LogP contribution in [0.15, 0.2) is 6.07 Å². The molecule has 1 aromatic rings. The van der Waals surface area contributed by atoms with Crippen molar-refractivity contribution < 1.29 is 18.3 Å². The van der Waals surface area contributed by atoms with Crippen LogP contribution in [0.4, 0.5) is 8.78 Å². The first-order valence-corrected chi connectivity index (χ1v) is 5.04. The number of ether oxygens (including phenoxy) is 1. The first kappa shape index (κ1) is 13.5. The number of methoxy groups -OCH3 is 1. The molecule has 6 heteroatoms. The maximum atomic E-state index is 12.6. The van der Waals surface area contributed by atoms with Crippen molar-refractivity contribution in [1.29, 1.82) is 0 Å². The van der Waals surface area contributed by atoms with E-state index in [0.717, 1.165) is 0 Å². The average Bonchev–Trinajstić information content (AvgIpc) is 2.28. The van der Waals surface area contributed by atoms with Gasteiger partial charge in [0.15, 0.2) is 0 Å². The number of carbonyl (C=O) groups excluding carboxylic acids is 1. The largest absolute Gasteiger partial charge is 0.469 e. The summed E-state index contributed by atoms with van der Waals surface area (Å²) in [5.41, 5.74) is 6.64. The lowest BCUT2D eigenvalue weighted by Gasteiger charge is -2.11. The second-order valence-corrected chi connectivity index (χ2v) is 3.55. The molecule has 17 heavy (non-hydrogen) atoms. The van der Waals surface area contributed by atoms with Crippen LogP contribution in [-0.2, 0) is 22.5 Å². The second kappa shape index (κ2) is 5.67. The van der Waals surface area contributed by atoms with Gasteiger partial charge in [0, 0.05) is 6.54 Å². The first-order chi connectivity index (χ1) is 7.99. The molecule has 0 aliphatic carbocycles. The van der Waals surface area contributed by atoms with E-state index in [1.807, 2.05) is 0 Å². The van der Waals surface area contributed by atoms with Gasteiger partial charge in [-0.3, -0.25) is 9.78 Å². The van der Waals surface area contributed by atoms with Crippen molar-refractivity contribution in [3.05, 3.63) is 28.6 Å². The molecule has 2 N–H and O–H groups in total. The van der Waals surface area contributed by atoms with Crippen molar-refractivity contribution in [3.8, 4) is 0 Å². The van der Waals surface area contributed by atoms with E-state index in [0.29, 0.717) is 11.1 Å². The highest BCUT2D eigenvalue weighted by molar-refractivity contribution is 5.72. The Morgan fingerprint density at radius 3 is 2.71 bits per heavy atom. The molecule has 0 fully saturated rings. The number of hydrogen-bond donors (Lipinski definition) is 1. The molecular weight excluding hydrogens is 230 g/mol. The van der Waals surface area contributed by atoms with Gasteiger partial charge in [-0.25, -0.2) is 8.78 Å². The van der Waals surface area contributed by atoms with E-state index in [1.54, 1.807) is 6.92 Å². The molecule has 1 rings (SSSR count). The number of hydrogen-bond acceptors (Lipinski definition) is 4. The lowest BCUT2D eigenvalue weighted by Crippen LogP contribution is -2.14. The molecule has 0 aromatic carbocycles. The summed E-state index contributed by atoms with van der Waals surface area (Å²) < 4.78 is 29.6. The Kier molecular flexibility index (Phi) is 4.51. The number of aromatic nitrogens is 1. The second-order valence-electron chi connectivity index (χ2n) is 3.55. The minimum Gasteiger partial charge on any atom is -0.469 e. The van der Waals surface area contributed by atoms with Crippen molar-refractivity contribution in [3.63, 3.8) is 0 Å². The molecule has 0 radical (unpaired) electrons. The zero-order valence-electron chi connectivity index (χ0n) is 9.67. The van der Waals surface area contributed by atoms with Gasteiger partial charge in [-0.1, -0.05) is 0 Å². The van der Waals surface area contributed by atoms with Crippen LogP contribution >= 0.6 is 0 Å². The average molecular weight is 244 g/mol. The molecule has 0 spiro atoms. The first-order valence-electron chi connectivity index (χ1n) is 5.04. The van der Waals surface area contributed by atoms with Gasteiger partial charge in [0.05, 0.1) is 19.2 Å². The SMILES string of the molecule is COC(=O)Cc1nc(C(F)F)cc(C)c1CN. The van der Waals surface area contributed by atoms with Crippen molar-refractivity contribution >= 4 is 5.97 Å². The summed E-state index contributed by atoms with van der Waals surface area (Å²) in [4.78, 5) is 14.9. The van der Waals surface area contributed by atoms with Crippen LogP contribution in [0.1, 0.15) is 28.9 Å². The summed E-state index contributed by atoms with van der Waals surface area (Å²) >= 11 is 0. The van der Waals surface area contributed by atoms with Gasteiger partial charge in [0.25, 0.3) is 6.43 Å². The molecule has 1 heterocycles. The van der Waals surface area contributed by atoms with Crippen LogP contribution in [-0.4, -0.2) is 18.1 Å². The fourth-order valence-corrected chi connectivity index (χ4v) is 1.54. The maximum Gasteiger partial charge on any atom is 0.311 e. The predicted octanol–water partition coefficient (Wildman–Crippen LogP) is 1.50. The Morgan fingerprint density at radius 2 is 2.24 bits per heavy atom. The monoisotopic (exact) mass is 244 g/mol. The molecule has 1 aromatic heterocycles. The Balaban J connectivity index is 3.19. The Labute approximate surface area is 97.8 Å². The number of alkyl halides is 2. The third kappa shape index (κ3) is 3.20. The number of nitrogens with zero attached hydrogens (tertiary/aromatic N) is 1. The van der Waals surface area contributed by atoms with Crippen molar-refractivity contribution in [2.75, 3.05) is 7.11 Å². The molecule has 0 aliphatic heterocycles. The third-order valence-electron chi connectivity index (χ3n) is 2.42. The van der Waals surface area contributed by atoms with Gasteiger partial charge in [0.2, 0.25) is 0 Å². The summed E-state index contributed by atoms with van der Waals surface area (Å²) in [6.45, 7) is 1.81. The smallest absolute Gasteiger partial charge is 0.311 e. The summed E-state index contributed by atoms with van der Waals surface area (Å²) in [6, 6.07) is 1.29. The number of carbonyl (C=O) groups is 1. The van der Waals surface area contributed by atoms with Gasteiger partial charge >= 0.3 is 5.97 Å². The minimum absolute atomic E-state index is 0.147. The molecular formula is C11H14F2N2O2. The van der Waals surface area contributed by atoms with Crippen LogP contribution in [0.3, 0.4) is 0 Å². The number of halogens is 2. The predicted molar refractivity (Wildman–Crippen MR) is 57.5 cm³/mol. The van der Waals surface area contributed by atoms with Gasteiger partial charge in [-0.05, 0) is 24.1 Å². The van der Waals surface area contributed by atoms with Gasteiger partial charge in [0.1, 0.15) is 5.69 Å². The summed E-state index contributed by atoms with van der Waals surface area (Å²) in [5, 5.41) is 0. The number of pyridine rings is 1.